The van der Waals surface area contributed by atoms with E-state index < -0.39 is 17.3 Å². The van der Waals surface area contributed by atoms with Crippen molar-refractivity contribution in [3.8, 4) is 11.5 Å². The molecule has 0 aliphatic carbocycles. The van der Waals surface area contributed by atoms with E-state index in [2.05, 4.69) is 5.32 Å². The number of hydrogen-bond acceptors (Lipinski definition) is 4. The Labute approximate surface area is 143 Å². The Bertz CT molecular complexity index is 774. The van der Waals surface area contributed by atoms with Gasteiger partial charge in [-0.3, -0.25) is 4.79 Å². The van der Waals surface area contributed by atoms with Crippen LogP contribution in [0.5, 0.6) is 11.5 Å². The fraction of sp³-hybridized carbons (Fsp3) is 0.235. The first-order valence-corrected chi connectivity index (χ1v) is 7.61. The Morgan fingerprint density at radius 2 is 2.08 bits per heavy atom. The first kappa shape index (κ1) is 16.5. The van der Waals surface area contributed by atoms with Crippen LogP contribution in [-0.4, -0.2) is 24.4 Å². The number of ether oxygens (including phenoxy) is 2. The topological polar surface area (TPSA) is 67.8 Å². The number of benzene rings is 2. The maximum Gasteiger partial charge on any atom is 0.255 e. The molecule has 1 amide bonds. The highest BCUT2D eigenvalue weighted by atomic mass is 35.5. The van der Waals surface area contributed by atoms with E-state index in [1.54, 1.807) is 18.2 Å². The lowest BCUT2D eigenvalue weighted by Crippen LogP contribution is -2.39. The molecule has 24 heavy (non-hydrogen) atoms. The molecule has 0 radical (unpaired) electrons. The van der Waals surface area contributed by atoms with E-state index in [1.807, 2.05) is 0 Å². The third-order valence-corrected chi connectivity index (χ3v) is 4.09. The van der Waals surface area contributed by atoms with Crippen LogP contribution in [-0.2, 0) is 5.60 Å². The molecule has 3 rings (SSSR count). The molecule has 2 aromatic rings. The van der Waals surface area contributed by atoms with Crippen LogP contribution >= 0.6 is 11.6 Å². The van der Waals surface area contributed by atoms with Gasteiger partial charge in [0.15, 0.2) is 11.5 Å². The number of aliphatic hydroxyl groups is 1. The normalized spacial score (nSPS) is 15.0. The minimum absolute atomic E-state index is 0.00947. The van der Waals surface area contributed by atoms with Crippen molar-refractivity contribution in [1.82, 2.24) is 5.32 Å². The standard InChI is InChI=1S/C17H15ClFNO4/c1-17(22,10-5-6-13-14(7-10)24-9-23-13)8-20-16(21)15-11(18)3-2-4-12(15)19/h2-7,22H,8-9H2,1H3,(H,20,21). The van der Waals surface area contributed by atoms with E-state index in [0.29, 0.717) is 17.1 Å². The van der Waals surface area contributed by atoms with E-state index in [1.165, 1.54) is 19.1 Å². The van der Waals surface area contributed by atoms with Gasteiger partial charge in [-0.2, -0.15) is 0 Å². The lowest BCUT2D eigenvalue weighted by molar-refractivity contribution is 0.0523. The van der Waals surface area contributed by atoms with Crippen molar-refractivity contribution >= 4 is 17.5 Å². The third kappa shape index (κ3) is 3.16. The zero-order chi connectivity index (χ0) is 17.3. The van der Waals surface area contributed by atoms with Gasteiger partial charge in [0.25, 0.3) is 5.91 Å². The molecule has 0 saturated carbocycles. The summed E-state index contributed by atoms with van der Waals surface area (Å²) in [5.74, 6) is -0.296. The van der Waals surface area contributed by atoms with Crippen molar-refractivity contribution in [2.45, 2.75) is 12.5 Å². The van der Waals surface area contributed by atoms with Crippen molar-refractivity contribution < 1.29 is 23.8 Å². The molecule has 0 spiro atoms. The summed E-state index contributed by atoms with van der Waals surface area (Å²) in [6.45, 7) is 1.54. The number of amides is 1. The van der Waals surface area contributed by atoms with Crippen LogP contribution < -0.4 is 14.8 Å². The predicted octanol–water partition coefficient (Wildman–Crippen LogP) is 2.85. The fourth-order valence-electron chi connectivity index (χ4n) is 2.39. The van der Waals surface area contributed by atoms with E-state index >= 15 is 0 Å². The van der Waals surface area contributed by atoms with Gasteiger partial charge in [-0.15, -0.1) is 0 Å². The van der Waals surface area contributed by atoms with Gasteiger partial charge in [0, 0.05) is 0 Å². The zero-order valence-corrected chi connectivity index (χ0v) is 13.6. The summed E-state index contributed by atoms with van der Waals surface area (Å²) in [4.78, 5) is 12.2. The average molecular weight is 352 g/mol. The summed E-state index contributed by atoms with van der Waals surface area (Å²) in [5, 5.41) is 13.1. The third-order valence-electron chi connectivity index (χ3n) is 3.78. The number of carbonyl (C=O) groups is 1. The second kappa shape index (κ2) is 6.30. The minimum atomic E-state index is -1.38. The number of nitrogens with one attached hydrogen (secondary N) is 1. The molecule has 0 fully saturated rings. The average Bonchev–Trinajstić information content (AvgIpc) is 3.00. The van der Waals surface area contributed by atoms with Gasteiger partial charge < -0.3 is 19.9 Å². The van der Waals surface area contributed by atoms with Gasteiger partial charge in [0.1, 0.15) is 11.4 Å². The van der Waals surface area contributed by atoms with Crippen LogP contribution in [0.2, 0.25) is 5.02 Å². The SMILES string of the molecule is CC(O)(CNC(=O)c1c(F)cccc1Cl)c1ccc2c(c1)OCO2. The highest BCUT2D eigenvalue weighted by Crippen LogP contribution is 2.35. The molecule has 2 aromatic carbocycles. The largest absolute Gasteiger partial charge is 0.454 e. The van der Waals surface area contributed by atoms with Crippen molar-refractivity contribution in [2.24, 2.45) is 0 Å². The molecule has 0 saturated heterocycles. The minimum Gasteiger partial charge on any atom is -0.454 e. The highest BCUT2D eigenvalue weighted by Gasteiger charge is 2.27. The van der Waals surface area contributed by atoms with Crippen LogP contribution in [0.3, 0.4) is 0 Å². The summed E-state index contributed by atoms with van der Waals surface area (Å²) in [6.07, 6.45) is 0. The van der Waals surface area contributed by atoms with Gasteiger partial charge in [0.2, 0.25) is 6.79 Å². The summed E-state index contributed by atoms with van der Waals surface area (Å²) in [7, 11) is 0. The molecular weight excluding hydrogens is 337 g/mol. The maximum atomic E-state index is 13.8. The van der Waals surface area contributed by atoms with Gasteiger partial charge in [-0.1, -0.05) is 23.7 Å². The number of hydrogen-bond donors (Lipinski definition) is 2. The monoisotopic (exact) mass is 351 g/mol. The van der Waals surface area contributed by atoms with E-state index in [0.717, 1.165) is 6.07 Å². The number of carbonyl (C=O) groups excluding carboxylic acids is 1. The smallest absolute Gasteiger partial charge is 0.255 e. The summed E-state index contributed by atoms with van der Waals surface area (Å²) >= 11 is 5.86. The van der Waals surface area contributed by atoms with Crippen molar-refractivity contribution in [2.75, 3.05) is 13.3 Å². The first-order chi connectivity index (χ1) is 11.4. The summed E-state index contributed by atoms with van der Waals surface area (Å²) in [5.41, 5.74) is -1.10. The van der Waals surface area contributed by atoms with Crippen LogP contribution in [0.4, 0.5) is 4.39 Å². The maximum absolute atomic E-state index is 13.8. The quantitative estimate of drug-likeness (QED) is 0.888. The van der Waals surface area contributed by atoms with Crippen LogP contribution in [0.15, 0.2) is 36.4 Å². The predicted molar refractivity (Wildman–Crippen MR) is 85.9 cm³/mol. The molecule has 126 valence electrons. The number of fused-ring (bicyclic) bond motifs is 1. The lowest BCUT2D eigenvalue weighted by Gasteiger charge is -2.24. The zero-order valence-electron chi connectivity index (χ0n) is 12.8. The van der Waals surface area contributed by atoms with Gasteiger partial charge >= 0.3 is 0 Å². The van der Waals surface area contributed by atoms with Crippen LogP contribution in [0, 0.1) is 5.82 Å². The Morgan fingerprint density at radius 1 is 1.33 bits per heavy atom. The van der Waals surface area contributed by atoms with Crippen molar-refractivity contribution in [3.63, 3.8) is 0 Å². The molecule has 1 aliphatic heterocycles. The molecule has 0 bridgehead atoms. The molecule has 1 unspecified atom stereocenters. The van der Waals surface area contributed by atoms with E-state index in [-0.39, 0.29) is 23.9 Å². The Hall–Kier alpha value is -2.31. The second-order valence-corrected chi connectivity index (χ2v) is 6.03. The molecule has 2 N–H and O–H groups in total. The highest BCUT2D eigenvalue weighted by molar-refractivity contribution is 6.33. The molecule has 7 heteroatoms. The first-order valence-electron chi connectivity index (χ1n) is 7.23. The molecule has 1 atom stereocenters. The Kier molecular flexibility index (Phi) is 4.34. The van der Waals surface area contributed by atoms with Gasteiger partial charge in [-0.05, 0) is 36.8 Å². The Morgan fingerprint density at radius 3 is 2.83 bits per heavy atom. The molecule has 1 heterocycles. The van der Waals surface area contributed by atoms with E-state index in [9.17, 15) is 14.3 Å². The molecule has 5 nitrogen and oxygen atoms in total. The summed E-state index contributed by atoms with van der Waals surface area (Å²) in [6, 6.07) is 8.99. The number of rotatable bonds is 4. The second-order valence-electron chi connectivity index (χ2n) is 5.62. The van der Waals surface area contributed by atoms with E-state index in [4.69, 9.17) is 21.1 Å². The van der Waals surface area contributed by atoms with Gasteiger partial charge in [0.05, 0.1) is 17.1 Å². The summed E-state index contributed by atoms with van der Waals surface area (Å²) < 4.78 is 24.2. The molecular formula is C17H15ClFNO4. The van der Waals surface area contributed by atoms with Crippen molar-refractivity contribution in [1.29, 1.82) is 0 Å². The van der Waals surface area contributed by atoms with Crippen molar-refractivity contribution in [3.05, 3.63) is 58.4 Å². The molecule has 0 aromatic heterocycles. The molecule has 1 aliphatic rings. The fourth-order valence-corrected chi connectivity index (χ4v) is 2.64. The lowest BCUT2D eigenvalue weighted by atomic mass is 9.95. The van der Waals surface area contributed by atoms with Crippen LogP contribution in [0.25, 0.3) is 0 Å². The van der Waals surface area contributed by atoms with Gasteiger partial charge in [-0.25, -0.2) is 4.39 Å². The number of halogens is 2. The Balaban J connectivity index is 1.74. The van der Waals surface area contributed by atoms with Crippen LogP contribution in [0.1, 0.15) is 22.8 Å².